The van der Waals surface area contributed by atoms with Gasteiger partial charge in [0, 0.05) is 0 Å². The molecule has 0 aliphatic heterocycles. The zero-order valence-corrected chi connectivity index (χ0v) is 15.3. The zero-order chi connectivity index (χ0) is 18.4. The molecular formula is C18H32O6. The van der Waals surface area contributed by atoms with E-state index in [0.29, 0.717) is 25.7 Å². The highest BCUT2D eigenvalue weighted by Gasteiger charge is 2.38. The minimum atomic E-state index is -0.353. The topological polar surface area (TPSA) is 93.1 Å². The molecule has 2 aliphatic rings. The fraction of sp³-hybridized carbons (Fsp3) is 0.889. The van der Waals surface area contributed by atoms with E-state index in [0.717, 1.165) is 25.7 Å². The van der Waals surface area contributed by atoms with Crippen molar-refractivity contribution in [1.29, 1.82) is 0 Å². The van der Waals surface area contributed by atoms with E-state index >= 15 is 0 Å². The van der Waals surface area contributed by atoms with Crippen molar-refractivity contribution in [2.24, 2.45) is 10.8 Å². The predicted molar refractivity (Wildman–Crippen MR) is 89.2 cm³/mol. The van der Waals surface area contributed by atoms with Gasteiger partial charge in [-0.15, -0.1) is 0 Å². The smallest absolute Gasteiger partial charge is 0.311 e. The standard InChI is InChI=1S/2C9H16O3/c2*1-9(8(11)12-2)5-3-7(10)4-6-9/h2*7,10H,3-6H2,1-2H3. The van der Waals surface area contributed by atoms with Crippen molar-refractivity contribution in [2.75, 3.05) is 14.2 Å². The highest BCUT2D eigenvalue weighted by Crippen LogP contribution is 2.37. The summed E-state index contributed by atoms with van der Waals surface area (Å²) in [4.78, 5) is 22.6. The van der Waals surface area contributed by atoms with Crippen molar-refractivity contribution in [1.82, 2.24) is 0 Å². The quantitative estimate of drug-likeness (QED) is 0.746. The lowest BCUT2D eigenvalue weighted by molar-refractivity contribution is -0.155. The fourth-order valence-corrected chi connectivity index (χ4v) is 3.38. The molecule has 0 aromatic rings. The monoisotopic (exact) mass is 344 g/mol. The molecule has 2 N–H and O–H groups in total. The van der Waals surface area contributed by atoms with Gasteiger partial charge in [0.2, 0.25) is 0 Å². The molecule has 0 aromatic heterocycles. The molecule has 0 radical (unpaired) electrons. The molecule has 0 aromatic carbocycles. The maximum Gasteiger partial charge on any atom is 0.311 e. The summed E-state index contributed by atoms with van der Waals surface area (Å²) in [5.41, 5.74) is -0.706. The van der Waals surface area contributed by atoms with Crippen LogP contribution in [0.25, 0.3) is 0 Å². The second kappa shape index (κ2) is 8.81. The SMILES string of the molecule is COC(=O)C1(C)CCC(O)CC1.COC(=O)C1(C)CCC(O)CC1. The van der Waals surface area contributed by atoms with Crippen LogP contribution in [0.5, 0.6) is 0 Å². The van der Waals surface area contributed by atoms with Gasteiger partial charge in [-0.25, -0.2) is 0 Å². The summed E-state index contributed by atoms with van der Waals surface area (Å²) >= 11 is 0. The first-order valence-corrected chi connectivity index (χ1v) is 8.70. The Bertz CT molecular complexity index is 377. The molecular weight excluding hydrogens is 312 g/mol. The van der Waals surface area contributed by atoms with Gasteiger partial charge in [-0.3, -0.25) is 9.59 Å². The summed E-state index contributed by atoms with van der Waals surface area (Å²) in [7, 11) is 2.83. The Balaban J connectivity index is 0.000000240. The van der Waals surface area contributed by atoms with E-state index in [-0.39, 0.29) is 35.0 Å². The third kappa shape index (κ3) is 5.45. The Morgan fingerprint density at radius 3 is 1.21 bits per heavy atom. The first-order valence-electron chi connectivity index (χ1n) is 8.70. The van der Waals surface area contributed by atoms with Gasteiger partial charge in [-0.2, -0.15) is 0 Å². The van der Waals surface area contributed by atoms with Crippen LogP contribution in [0.15, 0.2) is 0 Å². The Hall–Kier alpha value is -1.14. The highest BCUT2D eigenvalue weighted by molar-refractivity contribution is 5.76. The second-order valence-corrected chi connectivity index (χ2v) is 7.57. The average Bonchev–Trinajstić information content (AvgIpc) is 2.59. The van der Waals surface area contributed by atoms with Crippen LogP contribution in [0.1, 0.15) is 65.2 Å². The average molecular weight is 344 g/mol. The zero-order valence-electron chi connectivity index (χ0n) is 15.3. The molecule has 2 saturated carbocycles. The summed E-state index contributed by atoms with van der Waals surface area (Å²) in [6.07, 6.45) is 5.36. The lowest BCUT2D eigenvalue weighted by Crippen LogP contribution is -2.35. The lowest BCUT2D eigenvalue weighted by atomic mass is 9.75. The maximum atomic E-state index is 11.3. The summed E-state index contributed by atoms with van der Waals surface area (Å²) in [5.74, 6) is -0.288. The van der Waals surface area contributed by atoms with Gasteiger partial charge in [0.05, 0.1) is 37.3 Å². The summed E-state index contributed by atoms with van der Waals surface area (Å²) in [5, 5.41) is 18.5. The Kier molecular flexibility index (Phi) is 7.67. The number of methoxy groups -OCH3 is 2. The van der Waals surface area contributed by atoms with Crippen LogP contribution in [-0.2, 0) is 19.1 Å². The number of carbonyl (C=O) groups excluding carboxylic acids is 2. The van der Waals surface area contributed by atoms with E-state index < -0.39 is 0 Å². The molecule has 6 nitrogen and oxygen atoms in total. The lowest BCUT2D eigenvalue weighted by Gasteiger charge is -2.32. The molecule has 0 saturated heterocycles. The van der Waals surface area contributed by atoms with Gasteiger partial charge in [0.25, 0.3) is 0 Å². The molecule has 0 bridgehead atoms. The van der Waals surface area contributed by atoms with E-state index in [4.69, 9.17) is 9.47 Å². The third-order valence-corrected chi connectivity index (χ3v) is 5.47. The van der Waals surface area contributed by atoms with Gasteiger partial charge in [0.15, 0.2) is 0 Å². The van der Waals surface area contributed by atoms with Gasteiger partial charge in [0.1, 0.15) is 0 Å². The molecule has 0 heterocycles. The van der Waals surface area contributed by atoms with Gasteiger partial charge in [-0.05, 0) is 65.2 Å². The minimum absolute atomic E-state index is 0.144. The number of hydrogen-bond donors (Lipinski definition) is 2. The van der Waals surface area contributed by atoms with Crippen molar-refractivity contribution >= 4 is 11.9 Å². The van der Waals surface area contributed by atoms with Crippen LogP contribution in [0.2, 0.25) is 0 Å². The molecule has 2 rings (SSSR count). The van der Waals surface area contributed by atoms with Gasteiger partial charge >= 0.3 is 11.9 Å². The van der Waals surface area contributed by atoms with Crippen LogP contribution >= 0.6 is 0 Å². The van der Waals surface area contributed by atoms with E-state index in [1.165, 1.54) is 14.2 Å². The van der Waals surface area contributed by atoms with Crippen LogP contribution in [0.3, 0.4) is 0 Å². The minimum Gasteiger partial charge on any atom is -0.469 e. The van der Waals surface area contributed by atoms with Crippen LogP contribution in [0.4, 0.5) is 0 Å². The Labute approximate surface area is 144 Å². The van der Waals surface area contributed by atoms with Crippen molar-refractivity contribution in [3.63, 3.8) is 0 Å². The van der Waals surface area contributed by atoms with Gasteiger partial charge < -0.3 is 19.7 Å². The fourth-order valence-electron chi connectivity index (χ4n) is 3.38. The van der Waals surface area contributed by atoms with Crippen LogP contribution in [-0.4, -0.2) is 48.6 Å². The number of hydrogen-bond acceptors (Lipinski definition) is 6. The molecule has 0 atom stereocenters. The maximum absolute atomic E-state index is 11.3. The van der Waals surface area contributed by atoms with Crippen LogP contribution in [0, 0.1) is 10.8 Å². The Morgan fingerprint density at radius 1 is 0.750 bits per heavy atom. The van der Waals surface area contributed by atoms with Crippen molar-refractivity contribution in [2.45, 2.75) is 77.4 Å². The van der Waals surface area contributed by atoms with E-state index in [1.54, 1.807) is 0 Å². The van der Waals surface area contributed by atoms with E-state index in [2.05, 4.69) is 0 Å². The number of carbonyl (C=O) groups is 2. The van der Waals surface area contributed by atoms with E-state index in [1.807, 2.05) is 13.8 Å². The first-order chi connectivity index (χ1) is 11.2. The number of aliphatic hydroxyl groups excluding tert-OH is 2. The van der Waals surface area contributed by atoms with Crippen molar-refractivity contribution < 1.29 is 29.3 Å². The molecule has 6 heteroatoms. The number of esters is 2. The summed E-state index contributed by atoms with van der Waals surface area (Å²) < 4.78 is 9.41. The largest absolute Gasteiger partial charge is 0.469 e. The number of rotatable bonds is 2. The molecule has 24 heavy (non-hydrogen) atoms. The molecule has 0 amide bonds. The predicted octanol–water partition coefficient (Wildman–Crippen LogP) is 2.20. The second-order valence-electron chi connectivity index (χ2n) is 7.57. The Morgan fingerprint density at radius 2 is 1.00 bits per heavy atom. The number of aliphatic hydroxyl groups is 2. The summed E-state index contributed by atoms with van der Waals surface area (Å²) in [6, 6.07) is 0. The van der Waals surface area contributed by atoms with Crippen molar-refractivity contribution in [3.8, 4) is 0 Å². The van der Waals surface area contributed by atoms with Crippen LogP contribution < -0.4 is 0 Å². The molecule has 2 aliphatic carbocycles. The highest BCUT2D eigenvalue weighted by atomic mass is 16.5. The van der Waals surface area contributed by atoms with E-state index in [9.17, 15) is 19.8 Å². The third-order valence-electron chi connectivity index (χ3n) is 5.47. The normalized spacial score (nSPS) is 36.1. The van der Waals surface area contributed by atoms with Gasteiger partial charge in [-0.1, -0.05) is 0 Å². The molecule has 2 fully saturated rings. The first kappa shape index (κ1) is 20.9. The summed E-state index contributed by atoms with van der Waals surface area (Å²) in [6.45, 7) is 3.81. The molecule has 0 spiro atoms. The molecule has 0 unspecified atom stereocenters. The molecule has 140 valence electrons. The number of ether oxygens (including phenoxy) is 2. The van der Waals surface area contributed by atoms with Crippen molar-refractivity contribution in [3.05, 3.63) is 0 Å².